The standard InChI is InChI=1S/C12H18N2O/c1-9-4-3-5-11(6-9)10(2)8-14-12(15)7-13/h3-6,10H,7-8,13H2,1-2H3,(H,14,15). The van der Waals surface area contributed by atoms with Crippen LogP contribution in [0.1, 0.15) is 24.0 Å². The lowest BCUT2D eigenvalue weighted by molar-refractivity contribution is -0.119. The number of nitrogens with two attached hydrogens (primary N) is 1. The molecular weight excluding hydrogens is 188 g/mol. The molecule has 3 heteroatoms. The first-order chi connectivity index (χ1) is 7.13. The van der Waals surface area contributed by atoms with E-state index < -0.39 is 0 Å². The second-order valence-corrected chi connectivity index (χ2v) is 3.82. The average molecular weight is 206 g/mol. The van der Waals surface area contributed by atoms with E-state index >= 15 is 0 Å². The fourth-order valence-corrected chi connectivity index (χ4v) is 1.43. The lowest BCUT2D eigenvalue weighted by atomic mass is 9.99. The van der Waals surface area contributed by atoms with Crippen molar-refractivity contribution in [3.8, 4) is 0 Å². The van der Waals surface area contributed by atoms with Gasteiger partial charge in [-0.25, -0.2) is 0 Å². The molecule has 0 aliphatic heterocycles. The van der Waals surface area contributed by atoms with Crippen LogP contribution in [0.3, 0.4) is 0 Å². The molecule has 0 radical (unpaired) electrons. The molecule has 1 atom stereocenters. The molecule has 0 aliphatic rings. The largest absolute Gasteiger partial charge is 0.354 e. The monoisotopic (exact) mass is 206 g/mol. The second-order valence-electron chi connectivity index (χ2n) is 3.82. The minimum atomic E-state index is -0.102. The topological polar surface area (TPSA) is 55.1 Å². The Labute approximate surface area is 90.7 Å². The number of benzene rings is 1. The van der Waals surface area contributed by atoms with E-state index in [2.05, 4.69) is 37.4 Å². The molecule has 3 N–H and O–H groups in total. The van der Waals surface area contributed by atoms with Crippen LogP contribution in [0.25, 0.3) is 0 Å². The molecule has 0 saturated carbocycles. The van der Waals surface area contributed by atoms with Gasteiger partial charge in [-0.2, -0.15) is 0 Å². The van der Waals surface area contributed by atoms with Gasteiger partial charge in [0.25, 0.3) is 0 Å². The van der Waals surface area contributed by atoms with Crippen LogP contribution in [0.2, 0.25) is 0 Å². The number of carbonyl (C=O) groups excluding carboxylic acids is 1. The third-order valence-corrected chi connectivity index (χ3v) is 2.40. The van der Waals surface area contributed by atoms with Crippen LogP contribution in [-0.4, -0.2) is 19.0 Å². The third kappa shape index (κ3) is 3.72. The Morgan fingerprint density at radius 2 is 2.27 bits per heavy atom. The van der Waals surface area contributed by atoms with E-state index in [1.807, 2.05) is 6.07 Å². The molecule has 0 aliphatic carbocycles. The van der Waals surface area contributed by atoms with Crippen molar-refractivity contribution < 1.29 is 4.79 Å². The van der Waals surface area contributed by atoms with Crippen molar-refractivity contribution in [2.75, 3.05) is 13.1 Å². The zero-order chi connectivity index (χ0) is 11.3. The van der Waals surface area contributed by atoms with E-state index in [-0.39, 0.29) is 12.5 Å². The zero-order valence-electron chi connectivity index (χ0n) is 9.29. The molecule has 1 rings (SSSR count). The highest BCUT2D eigenvalue weighted by Crippen LogP contribution is 2.15. The first kappa shape index (κ1) is 11.7. The molecule has 0 aromatic heterocycles. The van der Waals surface area contributed by atoms with Crippen molar-refractivity contribution in [2.45, 2.75) is 19.8 Å². The maximum atomic E-state index is 11.0. The maximum Gasteiger partial charge on any atom is 0.233 e. The van der Waals surface area contributed by atoms with Crippen LogP contribution in [0.15, 0.2) is 24.3 Å². The highest BCUT2D eigenvalue weighted by atomic mass is 16.1. The van der Waals surface area contributed by atoms with Gasteiger partial charge in [-0.15, -0.1) is 0 Å². The van der Waals surface area contributed by atoms with Gasteiger partial charge in [0, 0.05) is 6.54 Å². The summed E-state index contributed by atoms with van der Waals surface area (Å²) in [5.74, 6) is 0.218. The molecule has 1 unspecified atom stereocenters. The lowest BCUT2D eigenvalue weighted by Gasteiger charge is -2.13. The molecule has 82 valence electrons. The van der Waals surface area contributed by atoms with Crippen LogP contribution >= 0.6 is 0 Å². The molecular formula is C12H18N2O. The van der Waals surface area contributed by atoms with Crippen molar-refractivity contribution in [3.05, 3.63) is 35.4 Å². The number of aryl methyl sites for hydroxylation is 1. The van der Waals surface area contributed by atoms with Crippen LogP contribution < -0.4 is 11.1 Å². The molecule has 1 aromatic rings. The Kier molecular flexibility index (Phi) is 4.31. The van der Waals surface area contributed by atoms with Gasteiger partial charge in [0.15, 0.2) is 0 Å². The fraction of sp³-hybridized carbons (Fsp3) is 0.417. The van der Waals surface area contributed by atoms with Crippen LogP contribution in [0.5, 0.6) is 0 Å². The average Bonchev–Trinajstić information content (AvgIpc) is 2.25. The van der Waals surface area contributed by atoms with Crippen LogP contribution in [0, 0.1) is 6.92 Å². The summed E-state index contributed by atoms with van der Waals surface area (Å²) in [7, 11) is 0. The van der Waals surface area contributed by atoms with Gasteiger partial charge in [-0.1, -0.05) is 36.8 Å². The van der Waals surface area contributed by atoms with Gasteiger partial charge in [0.1, 0.15) is 0 Å². The number of nitrogens with one attached hydrogen (secondary N) is 1. The molecule has 0 fully saturated rings. The van der Waals surface area contributed by atoms with Crippen molar-refractivity contribution in [3.63, 3.8) is 0 Å². The highest BCUT2D eigenvalue weighted by molar-refractivity contribution is 5.77. The summed E-state index contributed by atoms with van der Waals surface area (Å²) < 4.78 is 0. The van der Waals surface area contributed by atoms with Gasteiger partial charge in [0.05, 0.1) is 6.54 Å². The minimum absolute atomic E-state index is 0.0561. The molecule has 0 saturated heterocycles. The number of rotatable bonds is 4. The Morgan fingerprint density at radius 3 is 2.87 bits per heavy atom. The van der Waals surface area contributed by atoms with Gasteiger partial charge in [-0.05, 0) is 18.4 Å². The normalized spacial score (nSPS) is 12.2. The quantitative estimate of drug-likeness (QED) is 0.777. The van der Waals surface area contributed by atoms with Gasteiger partial charge in [0.2, 0.25) is 5.91 Å². The summed E-state index contributed by atoms with van der Waals surface area (Å²) in [4.78, 5) is 11.0. The predicted octanol–water partition coefficient (Wildman–Crippen LogP) is 1.17. The zero-order valence-corrected chi connectivity index (χ0v) is 9.29. The molecule has 15 heavy (non-hydrogen) atoms. The summed E-state index contributed by atoms with van der Waals surface area (Å²) >= 11 is 0. The molecule has 1 amide bonds. The highest BCUT2D eigenvalue weighted by Gasteiger charge is 2.06. The lowest BCUT2D eigenvalue weighted by Crippen LogP contribution is -2.32. The molecule has 3 nitrogen and oxygen atoms in total. The van der Waals surface area contributed by atoms with E-state index in [0.717, 1.165) is 0 Å². The van der Waals surface area contributed by atoms with Gasteiger partial charge >= 0.3 is 0 Å². The summed E-state index contributed by atoms with van der Waals surface area (Å²) in [5, 5.41) is 2.79. The number of amides is 1. The Balaban J connectivity index is 2.53. The first-order valence-corrected chi connectivity index (χ1v) is 5.17. The number of hydrogen-bond donors (Lipinski definition) is 2. The fourth-order valence-electron chi connectivity index (χ4n) is 1.43. The molecule has 0 spiro atoms. The van der Waals surface area contributed by atoms with E-state index in [0.29, 0.717) is 12.5 Å². The molecule has 1 aromatic carbocycles. The Hall–Kier alpha value is -1.35. The van der Waals surface area contributed by atoms with Crippen molar-refractivity contribution in [1.29, 1.82) is 0 Å². The molecule has 0 heterocycles. The van der Waals surface area contributed by atoms with E-state index in [1.165, 1.54) is 11.1 Å². The van der Waals surface area contributed by atoms with Crippen LogP contribution in [-0.2, 0) is 4.79 Å². The summed E-state index contributed by atoms with van der Waals surface area (Å²) in [6, 6.07) is 8.31. The van der Waals surface area contributed by atoms with Crippen molar-refractivity contribution in [2.24, 2.45) is 5.73 Å². The minimum Gasteiger partial charge on any atom is -0.354 e. The summed E-state index contributed by atoms with van der Waals surface area (Å²) in [6.07, 6.45) is 0. The van der Waals surface area contributed by atoms with Crippen LogP contribution in [0.4, 0.5) is 0 Å². The van der Waals surface area contributed by atoms with E-state index in [4.69, 9.17) is 5.73 Å². The van der Waals surface area contributed by atoms with Crippen molar-refractivity contribution in [1.82, 2.24) is 5.32 Å². The van der Waals surface area contributed by atoms with Gasteiger partial charge in [-0.3, -0.25) is 4.79 Å². The molecule has 0 bridgehead atoms. The second kappa shape index (κ2) is 5.51. The maximum absolute atomic E-state index is 11.0. The number of hydrogen-bond acceptors (Lipinski definition) is 2. The Bertz CT molecular complexity index is 336. The van der Waals surface area contributed by atoms with Crippen molar-refractivity contribution >= 4 is 5.91 Å². The predicted molar refractivity (Wildman–Crippen MR) is 61.7 cm³/mol. The summed E-state index contributed by atoms with van der Waals surface area (Å²) in [5.41, 5.74) is 7.69. The van der Waals surface area contributed by atoms with Gasteiger partial charge < -0.3 is 11.1 Å². The first-order valence-electron chi connectivity index (χ1n) is 5.17. The smallest absolute Gasteiger partial charge is 0.233 e. The number of carbonyl (C=O) groups is 1. The SMILES string of the molecule is Cc1cccc(C(C)CNC(=O)CN)c1. The van der Waals surface area contributed by atoms with E-state index in [9.17, 15) is 4.79 Å². The summed E-state index contributed by atoms with van der Waals surface area (Å²) in [6.45, 7) is 4.85. The Morgan fingerprint density at radius 1 is 1.53 bits per heavy atom. The third-order valence-electron chi connectivity index (χ3n) is 2.40. The van der Waals surface area contributed by atoms with E-state index in [1.54, 1.807) is 0 Å².